The molecule has 1 aromatic rings. The van der Waals surface area contributed by atoms with Gasteiger partial charge in [0.25, 0.3) is 0 Å². The van der Waals surface area contributed by atoms with E-state index in [-0.39, 0.29) is 31.0 Å². The highest BCUT2D eigenvalue weighted by Gasteiger charge is 2.66. The third-order valence-electron chi connectivity index (χ3n) is 5.79. The van der Waals surface area contributed by atoms with E-state index in [0.29, 0.717) is 13.1 Å². The molecule has 2 fully saturated rings. The Kier molecular flexibility index (Phi) is 5.36. The zero-order chi connectivity index (χ0) is 19.8. The molecule has 2 heterocycles. The van der Waals surface area contributed by atoms with E-state index in [2.05, 4.69) is 0 Å². The van der Waals surface area contributed by atoms with E-state index in [1.54, 1.807) is 9.80 Å². The van der Waals surface area contributed by atoms with Crippen molar-refractivity contribution >= 4 is 12.0 Å². The van der Waals surface area contributed by atoms with E-state index < -0.39 is 18.1 Å². The van der Waals surface area contributed by atoms with Crippen molar-refractivity contribution in [1.29, 1.82) is 0 Å². The number of alkyl halides is 3. The molecule has 0 saturated carbocycles. The van der Waals surface area contributed by atoms with Crippen molar-refractivity contribution in [3.63, 3.8) is 0 Å². The average molecular weight is 382 g/mol. The number of carbonyl (C=O) groups is 1. The molecule has 3 rings (SSSR count). The highest BCUT2D eigenvalue weighted by atomic mass is 19.4. The van der Waals surface area contributed by atoms with Crippen molar-refractivity contribution < 1.29 is 23.1 Å². The third kappa shape index (κ3) is 3.62. The summed E-state index contributed by atoms with van der Waals surface area (Å²) in [6, 6.07) is 7.52. The molecule has 7 heteroatoms. The van der Waals surface area contributed by atoms with Gasteiger partial charge >= 0.3 is 6.18 Å². The van der Waals surface area contributed by atoms with Gasteiger partial charge in [0.05, 0.1) is 18.6 Å². The number of halogens is 3. The highest BCUT2D eigenvalue weighted by Crippen LogP contribution is 2.54. The number of likely N-dealkylation sites (tertiary alicyclic amines) is 2. The molecule has 2 saturated heterocycles. The van der Waals surface area contributed by atoms with Gasteiger partial charge in [-0.05, 0) is 18.1 Å². The van der Waals surface area contributed by atoms with Crippen LogP contribution in [-0.4, -0.2) is 64.8 Å². The predicted molar refractivity (Wildman–Crippen MR) is 97.1 cm³/mol. The number of allylic oxidation sites excluding steroid dienone is 1. The minimum atomic E-state index is -4.25. The maximum Gasteiger partial charge on any atom is 0.390 e. The molecule has 0 aliphatic carbocycles. The summed E-state index contributed by atoms with van der Waals surface area (Å²) in [6.07, 6.45) is -1.26. The summed E-state index contributed by atoms with van der Waals surface area (Å²) >= 11 is 0. The van der Waals surface area contributed by atoms with Gasteiger partial charge in [-0.25, -0.2) is 0 Å². The lowest BCUT2D eigenvalue weighted by molar-refractivity contribution is -0.209. The molecule has 2 atom stereocenters. The lowest BCUT2D eigenvalue weighted by Gasteiger charge is -2.70. The SMILES string of the molecule is C/C=C/c1ccc([C@H]2[C@@H](CO)N(CCC(F)(F)F)C23CN(C(C)=O)C3)cc1. The van der Waals surface area contributed by atoms with Crippen molar-refractivity contribution in [2.45, 2.75) is 43.9 Å². The molecule has 2 aliphatic rings. The molecular weight excluding hydrogens is 357 g/mol. The van der Waals surface area contributed by atoms with Crippen LogP contribution in [0.5, 0.6) is 0 Å². The van der Waals surface area contributed by atoms with Gasteiger partial charge in [-0.3, -0.25) is 9.69 Å². The summed E-state index contributed by atoms with van der Waals surface area (Å²) in [5, 5.41) is 9.87. The van der Waals surface area contributed by atoms with Crippen LogP contribution in [0.4, 0.5) is 13.2 Å². The second-order valence-electron chi connectivity index (χ2n) is 7.43. The van der Waals surface area contributed by atoms with Crippen LogP contribution in [0.25, 0.3) is 6.08 Å². The summed E-state index contributed by atoms with van der Waals surface area (Å²) < 4.78 is 38.3. The first-order valence-electron chi connectivity index (χ1n) is 9.14. The van der Waals surface area contributed by atoms with Crippen molar-refractivity contribution in [2.24, 2.45) is 0 Å². The van der Waals surface area contributed by atoms with Crippen LogP contribution >= 0.6 is 0 Å². The van der Waals surface area contributed by atoms with Gasteiger partial charge in [-0.2, -0.15) is 13.2 Å². The minimum Gasteiger partial charge on any atom is -0.395 e. The maximum absolute atomic E-state index is 12.8. The zero-order valence-electron chi connectivity index (χ0n) is 15.5. The van der Waals surface area contributed by atoms with Gasteiger partial charge in [0.1, 0.15) is 0 Å². The van der Waals surface area contributed by atoms with Crippen LogP contribution in [-0.2, 0) is 4.79 Å². The van der Waals surface area contributed by atoms with Crippen LogP contribution in [0.2, 0.25) is 0 Å². The van der Waals surface area contributed by atoms with E-state index >= 15 is 0 Å². The number of hydrogen-bond acceptors (Lipinski definition) is 3. The molecule has 1 spiro atoms. The van der Waals surface area contributed by atoms with E-state index in [1.165, 1.54) is 6.92 Å². The van der Waals surface area contributed by atoms with Crippen molar-refractivity contribution in [2.75, 3.05) is 26.2 Å². The lowest BCUT2D eigenvalue weighted by Crippen LogP contribution is -2.85. The molecular formula is C20H25F3N2O2. The molecule has 2 aliphatic heterocycles. The number of benzene rings is 1. The number of aliphatic hydroxyl groups excluding tert-OH is 1. The Morgan fingerprint density at radius 3 is 2.41 bits per heavy atom. The first-order chi connectivity index (χ1) is 12.7. The highest BCUT2D eigenvalue weighted by molar-refractivity contribution is 5.75. The fourth-order valence-corrected chi connectivity index (χ4v) is 4.56. The second kappa shape index (κ2) is 7.28. The molecule has 0 aromatic heterocycles. The monoisotopic (exact) mass is 382 g/mol. The molecule has 1 N–H and O–H groups in total. The first-order valence-corrected chi connectivity index (χ1v) is 9.14. The Hall–Kier alpha value is -1.86. The number of rotatable bonds is 5. The molecule has 0 bridgehead atoms. The van der Waals surface area contributed by atoms with Gasteiger partial charge in [0.15, 0.2) is 0 Å². The topological polar surface area (TPSA) is 43.8 Å². The smallest absolute Gasteiger partial charge is 0.390 e. The number of nitrogens with zero attached hydrogens (tertiary/aromatic N) is 2. The zero-order valence-corrected chi connectivity index (χ0v) is 15.5. The first kappa shape index (κ1) is 19.9. The molecule has 1 aromatic carbocycles. The van der Waals surface area contributed by atoms with Crippen LogP contribution in [0, 0.1) is 0 Å². The minimum absolute atomic E-state index is 0.0778. The van der Waals surface area contributed by atoms with Crippen LogP contribution in [0.15, 0.2) is 30.3 Å². The average Bonchev–Trinajstić information content (AvgIpc) is 2.53. The van der Waals surface area contributed by atoms with E-state index in [0.717, 1.165) is 11.1 Å². The van der Waals surface area contributed by atoms with Crippen LogP contribution < -0.4 is 0 Å². The molecule has 0 unspecified atom stereocenters. The van der Waals surface area contributed by atoms with Gasteiger partial charge < -0.3 is 10.0 Å². The Morgan fingerprint density at radius 2 is 1.93 bits per heavy atom. The van der Waals surface area contributed by atoms with Crippen molar-refractivity contribution in [1.82, 2.24) is 9.80 Å². The van der Waals surface area contributed by atoms with Gasteiger partial charge in [-0.15, -0.1) is 0 Å². The Morgan fingerprint density at radius 1 is 1.30 bits per heavy atom. The number of hydrogen-bond donors (Lipinski definition) is 1. The van der Waals surface area contributed by atoms with Crippen molar-refractivity contribution in [3.05, 3.63) is 41.5 Å². The fraction of sp³-hybridized carbons (Fsp3) is 0.550. The Labute approximate surface area is 157 Å². The second-order valence-corrected chi connectivity index (χ2v) is 7.43. The van der Waals surface area contributed by atoms with E-state index in [1.807, 2.05) is 43.3 Å². The molecule has 1 amide bonds. The Bertz CT molecular complexity index is 709. The molecule has 148 valence electrons. The quantitative estimate of drug-likeness (QED) is 0.851. The third-order valence-corrected chi connectivity index (χ3v) is 5.79. The van der Waals surface area contributed by atoms with E-state index in [4.69, 9.17) is 0 Å². The van der Waals surface area contributed by atoms with Gasteiger partial charge in [-0.1, -0.05) is 36.4 Å². The Balaban J connectivity index is 1.86. The van der Waals surface area contributed by atoms with E-state index in [9.17, 15) is 23.1 Å². The summed E-state index contributed by atoms with van der Waals surface area (Å²) in [5.41, 5.74) is 1.52. The predicted octanol–water partition coefficient (Wildman–Crippen LogP) is 3.03. The van der Waals surface area contributed by atoms with Gasteiger partial charge in [0, 0.05) is 38.5 Å². The van der Waals surface area contributed by atoms with Crippen molar-refractivity contribution in [3.8, 4) is 0 Å². The summed E-state index contributed by atoms with van der Waals surface area (Å²) in [4.78, 5) is 15.1. The maximum atomic E-state index is 12.8. The lowest BCUT2D eigenvalue weighted by atomic mass is 9.60. The van der Waals surface area contributed by atoms with Gasteiger partial charge in [0.2, 0.25) is 5.91 Å². The molecule has 0 radical (unpaired) electrons. The van der Waals surface area contributed by atoms with Crippen LogP contribution in [0.1, 0.15) is 37.3 Å². The number of carbonyl (C=O) groups excluding carboxylic acids is 1. The largest absolute Gasteiger partial charge is 0.395 e. The fourth-order valence-electron chi connectivity index (χ4n) is 4.56. The molecule has 27 heavy (non-hydrogen) atoms. The normalized spacial score (nSPS) is 24.9. The number of amides is 1. The number of aliphatic hydroxyl groups is 1. The summed E-state index contributed by atoms with van der Waals surface area (Å²) in [5.74, 6) is -0.169. The summed E-state index contributed by atoms with van der Waals surface area (Å²) in [6.45, 7) is 3.83. The van der Waals surface area contributed by atoms with Crippen LogP contribution in [0.3, 0.4) is 0 Å². The summed E-state index contributed by atoms with van der Waals surface area (Å²) in [7, 11) is 0. The molecule has 4 nitrogen and oxygen atoms in total. The standard InChI is InChI=1S/C20H25F3N2O2/c1-3-4-15-5-7-16(8-6-15)18-17(11-26)25(10-9-20(21,22)23)19(18)12-24(13-19)14(2)27/h3-8,17-18,26H,9-13H2,1-2H3/b4-3+/t17-,18+/m1/s1.